The zero-order valence-electron chi connectivity index (χ0n) is 19.2. The van der Waals surface area contributed by atoms with E-state index in [0.717, 1.165) is 14.9 Å². The minimum atomic E-state index is -0.908. The Morgan fingerprint density at radius 2 is 1.70 bits per heavy atom. The third-order valence-corrected chi connectivity index (χ3v) is 7.03. The predicted molar refractivity (Wildman–Crippen MR) is 147 cm³/mol. The fraction of sp³-hybridized carbons (Fsp3) is 0.115. The average Bonchev–Trinajstić information content (AvgIpc) is 2.84. The van der Waals surface area contributed by atoms with Gasteiger partial charge >= 0.3 is 6.03 Å². The highest BCUT2D eigenvalue weighted by Crippen LogP contribution is 2.38. The topological polar surface area (TPSA) is 84.9 Å². The number of ether oxygens (including phenoxy) is 2. The average molecular weight is 625 g/mol. The van der Waals surface area contributed by atoms with Crippen LogP contribution < -0.4 is 19.7 Å². The number of imide groups is 2. The van der Waals surface area contributed by atoms with Gasteiger partial charge in [-0.05, 0) is 55.0 Å². The normalized spacial score (nSPS) is 14.7. The van der Waals surface area contributed by atoms with E-state index in [1.807, 2.05) is 24.3 Å². The number of hydrogen-bond donors (Lipinski definition) is 1. The van der Waals surface area contributed by atoms with Gasteiger partial charge in [0, 0.05) is 10.0 Å². The van der Waals surface area contributed by atoms with Crippen molar-refractivity contribution in [2.24, 2.45) is 0 Å². The van der Waals surface area contributed by atoms with Gasteiger partial charge in [-0.1, -0.05) is 68.9 Å². The lowest BCUT2D eigenvalue weighted by atomic mass is 10.1. The van der Waals surface area contributed by atoms with Gasteiger partial charge in [-0.2, -0.15) is 0 Å². The number of nitrogens with one attached hydrogen (secondary N) is 1. The first-order chi connectivity index (χ1) is 17.7. The molecule has 3 aromatic rings. The number of amides is 4. The van der Waals surface area contributed by atoms with E-state index in [9.17, 15) is 14.4 Å². The molecular formula is C26H18BrCl3N2O5. The largest absolute Gasteiger partial charge is 0.490 e. The fourth-order valence-corrected chi connectivity index (χ4v) is 4.49. The second kappa shape index (κ2) is 11.6. The van der Waals surface area contributed by atoms with Crippen molar-refractivity contribution < 1.29 is 23.9 Å². The summed E-state index contributed by atoms with van der Waals surface area (Å²) in [4.78, 5) is 39.1. The van der Waals surface area contributed by atoms with E-state index in [4.69, 9.17) is 44.3 Å². The van der Waals surface area contributed by atoms with Crippen LogP contribution in [0.1, 0.15) is 18.1 Å². The summed E-state index contributed by atoms with van der Waals surface area (Å²) in [6.07, 6.45) is 1.32. The molecule has 1 saturated heterocycles. The van der Waals surface area contributed by atoms with Crippen LogP contribution in [0.15, 0.2) is 64.6 Å². The highest BCUT2D eigenvalue weighted by molar-refractivity contribution is 9.10. The number of nitrogens with zero attached hydrogens (tertiary/aromatic N) is 1. The molecule has 11 heteroatoms. The summed E-state index contributed by atoms with van der Waals surface area (Å²) in [5.41, 5.74) is 1.16. The molecule has 7 nitrogen and oxygen atoms in total. The molecule has 1 N–H and O–H groups in total. The summed E-state index contributed by atoms with van der Waals surface area (Å²) in [5, 5.41) is 2.77. The van der Waals surface area contributed by atoms with E-state index in [1.165, 1.54) is 30.3 Å². The molecule has 0 aliphatic carbocycles. The van der Waals surface area contributed by atoms with Gasteiger partial charge in [0.2, 0.25) is 0 Å². The van der Waals surface area contributed by atoms with Gasteiger partial charge in [-0.25, -0.2) is 9.69 Å². The number of urea groups is 1. The Balaban J connectivity index is 1.67. The molecule has 4 rings (SSSR count). The Morgan fingerprint density at radius 3 is 2.41 bits per heavy atom. The number of halogens is 4. The minimum absolute atomic E-state index is 0.147. The highest BCUT2D eigenvalue weighted by atomic mass is 79.9. The van der Waals surface area contributed by atoms with Crippen molar-refractivity contribution in [2.45, 2.75) is 13.5 Å². The van der Waals surface area contributed by atoms with Crippen LogP contribution in [-0.4, -0.2) is 24.5 Å². The third kappa shape index (κ3) is 5.93. The van der Waals surface area contributed by atoms with Crippen LogP contribution in [0.4, 0.5) is 10.5 Å². The highest BCUT2D eigenvalue weighted by Gasteiger charge is 2.37. The molecule has 0 unspecified atom stereocenters. The molecule has 3 aromatic carbocycles. The van der Waals surface area contributed by atoms with E-state index in [0.29, 0.717) is 23.7 Å². The summed E-state index contributed by atoms with van der Waals surface area (Å²) < 4.78 is 12.6. The number of benzene rings is 3. The summed E-state index contributed by atoms with van der Waals surface area (Å²) in [6, 6.07) is 14.1. The molecule has 0 radical (unpaired) electrons. The molecular weight excluding hydrogens is 607 g/mol. The Morgan fingerprint density at radius 1 is 0.946 bits per heavy atom. The van der Waals surface area contributed by atoms with Crippen molar-refractivity contribution in [1.29, 1.82) is 0 Å². The molecule has 1 aliphatic rings. The smallest absolute Gasteiger partial charge is 0.335 e. The summed E-state index contributed by atoms with van der Waals surface area (Å²) in [5.74, 6) is -1.05. The minimum Gasteiger partial charge on any atom is -0.490 e. The number of anilines is 1. The van der Waals surface area contributed by atoms with E-state index >= 15 is 0 Å². The molecule has 0 aromatic heterocycles. The lowest BCUT2D eigenvalue weighted by Crippen LogP contribution is -2.54. The lowest BCUT2D eigenvalue weighted by Gasteiger charge is -2.26. The van der Waals surface area contributed by atoms with Crippen LogP contribution in [0.5, 0.6) is 11.5 Å². The SMILES string of the molecule is CCOc1cc(/C=C2\C(=O)NC(=O)N(c3ccc(Cl)c(Cl)c3)C2=O)cc(Cl)c1OCc1ccccc1Br. The Hall–Kier alpha value is -3.04. The Labute approximate surface area is 236 Å². The second-order valence-electron chi connectivity index (χ2n) is 7.70. The van der Waals surface area contributed by atoms with E-state index in [2.05, 4.69) is 21.2 Å². The Bertz CT molecular complexity index is 1440. The number of hydrogen-bond acceptors (Lipinski definition) is 5. The lowest BCUT2D eigenvalue weighted by molar-refractivity contribution is -0.122. The van der Waals surface area contributed by atoms with E-state index in [1.54, 1.807) is 13.0 Å². The Kier molecular flexibility index (Phi) is 8.44. The quantitative estimate of drug-likeness (QED) is 0.225. The van der Waals surface area contributed by atoms with Crippen LogP contribution in [0.25, 0.3) is 6.08 Å². The van der Waals surface area contributed by atoms with Gasteiger partial charge in [-0.3, -0.25) is 14.9 Å². The van der Waals surface area contributed by atoms with E-state index < -0.39 is 17.8 Å². The first-order valence-corrected chi connectivity index (χ1v) is 12.8. The molecule has 1 heterocycles. The number of carbonyl (C=O) groups is 3. The van der Waals surface area contributed by atoms with Gasteiger partial charge in [0.05, 0.1) is 27.4 Å². The van der Waals surface area contributed by atoms with Gasteiger partial charge in [0.15, 0.2) is 11.5 Å². The predicted octanol–water partition coefficient (Wildman–Crippen LogP) is 7.05. The van der Waals surface area contributed by atoms with Gasteiger partial charge in [-0.15, -0.1) is 0 Å². The maximum atomic E-state index is 13.2. The van der Waals surface area contributed by atoms with Crippen molar-refractivity contribution in [3.63, 3.8) is 0 Å². The second-order valence-corrected chi connectivity index (χ2v) is 9.78. The van der Waals surface area contributed by atoms with Crippen molar-refractivity contribution in [1.82, 2.24) is 5.32 Å². The van der Waals surface area contributed by atoms with Gasteiger partial charge < -0.3 is 9.47 Å². The molecule has 0 saturated carbocycles. The number of carbonyl (C=O) groups excluding carboxylic acids is 3. The summed E-state index contributed by atoms with van der Waals surface area (Å²) in [6.45, 7) is 2.35. The van der Waals surface area contributed by atoms with E-state index in [-0.39, 0.29) is 32.9 Å². The zero-order valence-corrected chi connectivity index (χ0v) is 23.0. The molecule has 190 valence electrons. The van der Waals surface area contributed by atoms with Gasteiger partial charge in [0.25, 0.3) is 11.8 Å². The molecule has 0 atom stereocenters. The van der Waals surface area contributed by atoms with Crippen molar-refractivity contribution in [3.05, 3.63) is 90.8 Å². The van der Waals surface area contributed by atoms with Crippen LogP contribution in [0, 0.1) is 0 Å². The maximum absolute atomic E-state index is 13.2. The third-order valence-electron chi connectivity index (χ3n) is 5.24. The fourth-order valence-electron chi connectivity index (χ4n) is 3.52. The molecule has 0 bridgehead atoms. The summed E-state index contributed by atoms with van der Waals surface area (Å²) >= 11 is 22.0. The van der Waals surface area contributed by atoms with Crippen molar-refractivity contribution in [2.75, 3.05) is 11.5 Å². The first-order valence-electron chi connectivity index (χ1n) is 10.9. The molecule has 4 amide bonds. The van der Waals surface area contributed by atoms with Crippen LogP contribution >= 0.6 is 50.7 Å². The maximum Gasteiger partial charge on any atom is 0.335 e. The van der Waals surface area contributed by atoms with Crippen molar-refractivity contribution >= 4 is 80.3 Å². The molecule has 1 fully saturated rings. The van der Waals surface area contributed by atoms with Crippen molar-refractivity contribution in [3.8, 4) is 11.5 Å². The van der Waals surface area contributed by atoms with Crippen LogP contribution in [-0.2, 0) is 16.2 Å². The zero-order chi connectivity index (χ0) is 26.7. The number of barbiturate groups is 1. The van der Waals surface area contributed by atoms with Gasteiger partial charge in [0.1, 0.15) is 12.2 Å². The van der Waals surface area contributed by atoms with Crippen LogP contribution in [0.3, 0.4) is 0 Å². The van der Waals surface area contributed by atoms with Crippen LogP contribution in [0.2, 0.25) is 15.1 Å². The number of rotatable bonds is 7. The summed E-state index contributed by atoms with van der Waals surface area (Å²) in [7, 11) is 0. The standard InChI is InChI=1S/C26H18BrCl3N2O5/c1-2-36-22-11-14(10-21(30)23(22)37-13-15-5-3-4-6-18(15)27)9-17-24(33)31-26(35)32(25(17)34)16-7-8-19(28)20(29)12-16/h3-12H,2,13H2,1H3,(H,31,33,35)/b17-9+. The first kappa shape index (κ1) is 27.0. The molecule has 1 aliphatic heterocycles. The molecule has 0 spiro atoms. The monoisotopic (exact) mass is 622 g/mol. The molecule has 37 heavy (non-hydrogen) atoms.